The van der Waals surface area contributed by atoms with Crippen LogP contribution in [0.25, 0.3) is 0 Å². The predicted octanol–water partition coefficient (Wildman–Crippen LogP) is 1.40. The van der Waals surface area contributed by atoms with Gasteiger partial charge in [0.15, 0.2) is 0 Å². The Morgan fingerprint density at radius 2 is 2.16 bits per heavy atom. The van der Waals surface area contributed by atoms with Crippen molar-refractivity contribution in [3.05, 3.63) is 29.8 Å². The summed E-state index contributed by atoms with van der Waals surface area (Å²) in [6, 6.07) is 7.67. The zero-order valence-corrected chi connectivity index (χ0v) is 11.6. The number of likely N-dealkylation sites (N-methyl/N-ethyl adjacent to an activating group) is 1. The first-order valence-electron chi connectivity index (χ1n) is 6.43. The van der Waals surface area contributed by atoms with E-state index < -0.39 is 0 Å². The van der Waals surface area contributed by atoms with Crippen LogP contribution in [0, 0.1) is 6.92 Å². The fourth-order valence-corrected chi connectivity index (χ4v) is 1.55. The molecule has 0 fully saturated rings. The lowest BCUT2D eigenvalue weighted by atomic mass is 10.2. The summed E-state index contributed by atoms with van der Waals surface area (Å²) in [5.41, 5.74) is 1.11. The summed E-state index contributed by atoms with van der Waals surface area (Å²) in [6.45, 7) is 3.43. The molecule has 0 aliphatic rings. The number of carbonyl (C=O) groups is 1. The lowest BCUT2D eigenvalue weighted by Gasteiger charge is -2.16. The molecule has 19 heavy (non-hydrogen) atoms. The van der Waals surface area contributed by atoms with E-state index in [-0.39, 0.29) is 12.6 Å². The van der Waals surface area contributed by atoms with Crippen LogP contribution in [0.4, 0.5) is 4.79 Å². The average molecular weight is 266 g/mol. The molecule has 0 bridgehead atoms. The highest BCUT2D eigenvalue weighted by molar-refractivity contribution is 5.73. The fourth-order valence-electron chi connectivity index (χ4n) is 1.55. The van der Waals surface area contributed by atoms with E-state index in [1.54, 1.807) is 7.05 Å². The first-order valence-corrected chi connectivity index (χ1v) is 6.43. The third-order valence-electron chi connectivity index (χ3n) is 2.73. The number of nitrogens with one attached hydrogen (secondary N) is 1. The number of aliphatic hydroxyl groups is 1. The van der Waals surface area contributed by atoms with Crippen molar-refractivity contribution in [2.24, 2.45) is 0 Å². The molecule has 0 aliphatic carbocycles. The number of amides is 2. The second-order valence-electron chi connectivity index (χ2n) is 4.34. The van der Waals surface area contributed by atoms with Crippen molar-refractivity contribution in [2.45, 2.75) is 13.3 Å². The molecule has 0 heterocycles. The standard InChI is InChI=1S/C14H22N2O3/c1-12-6-3-4-7-13(12)19-11-5-8-15-14(18)16(2)9-10-17/h3-4,6-7,17H,5,8-11H2,1-2H3,(H,15,18). The Morgan fingerprint density at radius 3 is 2.84 bits per heavy atom. The van der Waals surface area contributed by atoms with Crippen LogP contribution in [0.5, 0.6) is 5.75 Å². The molecule has 0 aliphatic heterocycles. The molecular weight excluding hydrogens is 244 g/mol. The predicted molar refractivity (Wildman–Crippen MR) is 74.4 cm³/mol. The summed E-state index contributed by atoms with van der Waals surface area (Å²) < 4.78 is 5.62. The number of hydrogen-bond acceptors (Lipinski definition) is 3. The molecule has 1 aromatic rings. The molecule has 1 rings (SSSR count). The number of hydrogen-bond donors (Lipinski definition) is 2. The van der Waals surface area contributed by atoms with E-state index in [0.29, 0.717) is 19.7 Å². The van der Waals surface area contributed by atoms with Gasteiger partial charge in [-0.1, -0.05) is 18.2 Å². The Hall–Kier alpha value is -1.75. The van der Waals surface area contributed by atoms with Gasteiger partial charge >= 0.3 is 6.03 Å². The molecule has 0 saturated carbocycles. The molecule has 106 valence electrons. The van der Waals surface area contributed by atoms with Crippen molar-refractivity contribution < 1.29 is 14.6 Å². The summed E-state index contributed by atoms with van der Waals surface area (Å²) in [6.07, 6.45) is 0.743. The van der Waals surface area contributed by atoms with Crippen LogP contribution in [0.2, 0.25) is 0 Å². The Bertz CT molecular complexity index is 396. The maximum absolute atomic E-state index is 11.5. The van der Waals surface area contributed by atoms with E-state index in [1.807, 2.05) is 31.2 Å². The highest BCUT2D eigenvalue weighted by Gasteiger charge is 2.05. The number of ether oxygens (including phenoxy) is 1. The first-order chi connectivity index (χ1) is 9.15. The molecule has 0 spiro atoms. The van der Waals surface area contributed by atoms with Gasteiger partial charge < -0.3 is 20.1 Å². The van der Waals surface area contributed by atoms with Crippen molar-refractivity contribution in [1.29, 1.82) is 0 Å². The molecule has 0 saturated heterocycles. The molecule has 0 radical (unpaired) electrons. The molecule has 5 heteroatoms. The number of aliphatic hydroxyl groups excluding tert-OH is 1. The number of rotatable bonds is 7. The lowest BCUT2D eigenvalue weighted by Crippen LogP contribution is -2.39. The highest BCUT2D eigenvalue weighted by Crippen LogP contribution is 2.15. The van der Waals surface area contributed by atoms with Crippen molar-refractivity contribution in [3.8, 4) is 5.75 Å². The summed E-state index contributed by atoms with van der Waals surface area (Å²) in [5, 5.41) is 11.5. The monoisotopic (exact) mass is 266 g/mol. The SMILES string of the molecule is Cc1ccccc1OCCCNC(=O)N(C)CCO. The van der Waals surface area contributed by atoms with E-state index >= 15 is 0 Å². The van der Waals surface area contributed by atoms with Crippen molar-refractivity contribution in [2.75, 3.05) is 33.4 Å². The quantitative estimate of drug-likeness (QED) is 0.733. The minimum atomic E-state index is -0.176. The van der Waals surface area contributed by atoms with Gasteiger partial charge in [0.2, 0.25) is 0 Å². The van der Waals surface area contributed by atoms with Crippen LogP contribution in [-0.4, -0.2) is 49.4 Å². The summed E-state index contributed by atoms with van der Waals surface area (Å²) in [4.78, 5) is 12.9. The van der Waals surface area contributed by atoms with Gasteiger partial charge in [0.25, 0.3) is 0 Å². The van der Waals surface area contributed by atoms with E-state index in [2.05, 4.69) is 5.32 Å². The second kappa shape index (κ2) is 8.37. The van der Waals surface area contributed by atoms with E-state index in [9.17, 15) is 4.79 Å². The Morgan fingerprint density at radius 1 is 1.42 bits per heavy atom. The van der Waals surface area contributed by atoms with Crippen LogP contribution < -0.4 is 10.1 Å². The zero-order valence-electron chi connectivity index (χ0n) is 11.6. The normalized spacial score (nSPS) is 10.1. The number of para-hydroxylation sites is 1. The third kappa shape index (κ3) is 5.61. The van der Waals surface area contributed by atoms with Crippen molar-refractivity contribution in [3.63, 3.8) is 0 Å². The van der Waals surface area contributed by atoms with Gasteiger partial charge in [0.1, 0.15) is 5.75 Å². The molecule has 2 N–H and O–H groups in total. The van der Waals surface area contributed by atoms with Crippen LogP contribution in [0.15, 0.2) is 24.3 Å². The van der Waals surface area contributed by atoms with E-state index in [1.165, 1.54) is 4.90 Å². The number of urea groups is 1. The Balaban J connectivity index is 2.15. The highest BCUT2D eigenvalue weighted by atomic mass is 16.5. The third-order valence-corrected chi connectivity index (χ3v) is 2.73. The topological polar surface area (TPSA) is 61.8 Å². The maximum Gasteiger partial charge on any atom is 0.317 e. The number of aryl methyl sites for hydroxylation is 1. The lowest BCUT2D eigenvalue weighted by molar-refractivity contribution is 0.189. The van der Waals surface area contributed by atoms with Crippen LogP contribution in [0.1, 0.15) is 12.0 Å². The van der Waals surface area contributed by atoms with E-state index in [0.717, 1.165) is 17.7 Å². The summed E-state index contributed by atoms with van der Waals surface area (Å²) >= 11 is 0. The molecule has 1 aromatic carbocycles. The van der Waals surface area contributed by atoms with Gasteiger partial charge in [-0.3, -0.25) is 0 Å². The first kappa shape index (κ1) is 15.3. The van der Waals surface area contributed by atoms with Gasteiger partial charge in [0.05, 0.1) is 13.2 Å². The average Bonchev–Trinajstić information content (AvgIpc) is 2.40. The maximum atomic E-state index is 11.5. The van der Waals surface area contributed by atoms with Gasteiger partial charge in [-0.05, 0) is 25.0 Å². The number of carbonyl (C=O) groups excluding carboxylic acids is 1. The Labute approximate surface area is 114 Å². The molecular formula is C14H22N2O3. The van der Waals surface area contributed by atoms with Gasteiger partial charge in [-0.25, -0.2) is 4.79 Å². The molecule has 0 unspecified atom stereocenters. The molecule has 5 nitrogen and oxygen atoms in total. The van der Waals surface area contributed by atoms with Crippen molar-refractivity contribution >= 4 is 6.03 Å². The fraction of sp³-hybridized carbons (Fsp3) is 0.500. The molecule has 0 atom stereocenters. The Kier molecular flexibility index (Phi) is 6.74. The van der Waals surface area contributed by atoms with E-state index in [4.69, 9.17) is 9.84 Å². The number of nitrogens with zero attached hydrogens (tertiary/aromatic N) is 1. The number of benzene rings is 1. The smallest absolute Gasteiger partial charge is 0.317 e. The minimum absolute atomic E-state index is 0.0275. The minimum Gasteiger partial charge on any atom is -0.493 e. The van der Waals surface area contributed by atoms with Crippen LogP contribution in [0.3, 0.4) is 0 Å². The van der Waals surface area contributed by atoms with Gasteiger partial charge in [-0.2, -0.15) is 0 Å². The van der Waals surface area contributed by atoms with Gasteiger partial charge in [-0.15, -0.1) is 0 Å². The second-order valence-corrected chi connectivity index (χ2v) is 4.34. The zero-order chi connectivity index (χ0) is 14.1. The summed E-state index contributed by atoms with van der Waals surface area (Å²) in [7, 11) is 1.65. The van der Waals surface area contributed by atoms with Crippen LogP contribution >= 0.6 is 0 Å². The largest absolute Gasteiger partial charge is 0.493 e. The molecule has 0 aromatic heterocycles. The molecule has 2 amide bonds. The van der Waals surface area contributed by atoms with Crippen LogP contribution in [-0.2, 0) is 0 Å². The van der Waals surface area contributed by atoms with Crippen molar-refractivity contribution in [1.82, 2.24) is 10.2 Å². The van der Waals surface area contributed by atoms with Gasteiger partial charge in [0, 0.05) is 20.1 Å². The summed E-state index contributed by atoms with van der Waals surface area (Å²) in [5.74, 6) is 0.881.